The number of halogens is 1. The lowest BCUT2D eigenvalue weighted by Crippen LogP contribution is -2.42. The molecule has 1 saturated carbocycles. The van der Waals surface area contributed by atoms with E-state index in [1.807, 2.05) is 0 Å². The lowest BCUT2D eigenvalue weighted by molar-refractivity contribution is -0.385. The minimum absolute atomic E-state index is 0.0402. The summed E-state index contributed by atoms with van der Waals surface area (Å²) in [5.41, 5.74) is 5.56. The van der Waals surface area contributed by atoms with E-state index in [0.29, 0.717) is 0 Å². The Morgan fingerprint density at radius 3 is 2.57 bits per heavy atom. The van der Waals surface area contributed by atoms with Crippen LogP contribution >= 0.6 is 11.6 Å². The summed E-state index contributed by atoms with van der Waals surface area (Å²) in [7, 11) is 1.66. The summed E-state index contributed by atoms with van der Waals surface area (Å²) in [6, 6.07) is 4.49. The molecule has 2 rings (SSSR count). The quantitative estimate of drug-likeness (QED) is 0.686. The van der Waals surface area contributed by atoms with Gasteiger partial charge in [-0.1, -0.05) is 17.7 Å². The molecule has 1 aromatic rings. The highest BCUT2D eigenvalue weighted by Gasteiger charge is 2.30. The van der Waals surface area contributed by atoms with Gasteiger partial charge in [0.2, 0.25) is 0 Å². The second kappa shape index (κ2) is 6.41. The third-order valence-corrected chi connectivity index (χ3v) is 4.33. The molecule has 0 heterocycles. The summed E-state index contributed by atoms with van der Waals surface area (Å²) in [6.07, 6.45) is 3.32. The van der Waals surface area contributed by atoms with Crippen LogP contribution in [0.3, 0.4) is 0 Å². The van der Waals surface area contributed by atoms with E-state index < -0.39 is 10.8 Å². The second-order valence-corrected chi connectivity index (χ2v) is 5.78. The molecule has 0 radical (unpaired) electrons. The molecule has 0 bridgehead atoms. The Bertz CT molecular complexity index is 556. The van der Waals surface area contributed by atoms with Crippen LogP contribution < -0.4 is 5.73 Å². The number of nitro benzene ring substituents is 1. The number of amides is 1. The van der Waals surface area contributed by atoms with E-state index in [0.717, 1.165) is 25.7 Å². The Balaban J connectivity index is 2.25. The van der Waals surface area contributed by atoms with Gasteiger partial charge in [-0.2, -0.15) is 0 Å². The Labute approximate surface area is 128 Å². The summed E-state index contributed by atoms with van der Waals surface area (Å²) in [5, 5.41) is 11.2. The zero-order valence-corrected chi connectivity index (χ0v) is 12.5. The molecule has 0 saturated heterocycles. The van der Waals surface area contributed by atoms with Crippen molar-refractivity contribution in [2.45, 2.75) is 37.8 Å². The maximum Gasteiger partial charge on any atom is 0.283 e. The number of nitrogens with two attached hydrogens (primary N) is 1. The predicted octanol–water partition coefficient (Wildman–Crippen LogP) is 2.59. The number of rotatable bonds is 3. The largest absolute Gasteiger partial charge is 0.338 e. The fourth-order valence-corrected chi connectivity index (χ4v) is 2.96. The molecular formula is C14H18ClN3O3. The SMILES string of the molecule is CN(C(=O)c1c(Cl)cccc1[N+](=O)[O-])C1CCC(N)CC1. The van der Waals surface area contributed by atoms with Crippen molar-refractivity contribution < 1.29 is 9.72 Å². The molecule has 0 aliphatic heterocycles. The minimum Gasteiger partial charge on any atom is -0.338 e. The summed E-state index contributed by atoms with van der Waals surface area (Å²) < 4.78 is 0. The monoisotopic (exact) mass is 311 g/mol. The maximum absolute atomic E-state index is 12.6. The van der Waals surface area contributed by atoms with E-state index in [9.17, 15) is 14.9 Å². The van der Waals surface area contributed by atoms with Gasteiger partial charge in [-0.3, -0.25) is 14.9 Å². The van der Waals surface area contributed by atoms with Gasteiger partial charge in [-0.15, -0.1) is 0 Å². The predicted molar refractivity (Wildman–Crippen MR) is 80.4 cm³/mol. The molecule has 0 unspecified atom stereocenters. The molecule has 6 nitrogen and oxygen atoms in total. The lowest BCUT2D eigenvalue weighted by Gasteiger charge is -2.33. The van der Waals surface area contributed by atoms with Gasteiger partial charge < -0.3 is 10.6 Å². The fourth-order valence-electron chi connectivity index (χ4n) is 2.71. The Hall–Kier alpha value is -1.66. The Morgan fingerprint density at radius 1 is 1.38 bits per heavy atom. The van der Waals surface area contributed by atoms with Gasteiger partial charge in [0.1, 0.15) is 5.56 Å². The van der Waals surface area contributed by atoms with Crippen LogP contribution in [0.5, 0.6) is 0 Å². The van der Waals surface area contributed by atoms with Crippen molar-refractivity contribution in [1.82, 2.24) is 4.90 Å². The van der Waals surface area contributed by atoms with E-state index >= 15 is 0 Å². The molecule has 0 aromatic heterocycles. The van der Waals surface area contributed by atoms with Crippen molar-refractivity contribution in [3.8, 4) is 0 Å². The Kier molecular flexibility index (Phi) is 4.80. The molecule has 0 atom stereocenters. The molecule has 0 spiro atoms. The number of nitro groups is 1. The van der Waals surface area contributed by atoms with Crippen LogP contribution in [0, 0.1) is 10.1 Å². The number of carbonyl (C=O) groups excluding carboxylic acids is 1. The highest BCUT2D eigenvalue weighted by atomic mass is 35.5. The number of benzene rings is 1. The first-order valence-corrected chi connectivity index (χ1v) is 7.25. The third kappa shape index (κ3) is 3.33. The third-order valence-electron chi connectivity index (χ3n) is 4.01. The first-order chi connectivity index (χ1) is 9.91. The minimum atomic E-state index is -0.580. The van der Waals surface area contributed by atoms with Gasteiger partial charge in [0.25, 0.3) is 11.6 Å². The van der Waals surface area contributed by atoms with Crippen LogP contribution in [0.25, 0.3) is 0 Å². The standard InChI is InChI=1S/C14H18ClN3O3/c1-17(10-7-5-9(16)6-8-10)14(19)13-11(15)3-2-4-12(13)18(20)21/h2-4,9-10H,5-8,16H2,1H3. The van der Waals surface area contributed by atoms with Gasteiger partial charge in [0, 0.05) is 25.2 Å². The summed E-state index contributed by atoms with van der Waals surface area (Å²) in [5.74, 6) is -0.409. The first-order valence-electron chi connectivity index (χ1n) is 6.87. The fraction of sp³-hybridized carbons (Fsp3) is 0.500. The zero-order chi connectivity index (χ0) is 15.6. The smallest absolute Gasteiger partial charge is 0.283 e. The van der Waals surface area contributed by atoms with E-state index in [1.165, 1.54) is 18.2 Å². The number of hydrogen-bond acceptors (Lipinski definition) is 4. The van der Waals surface area contributed by atoms with Crippen molar-refractivity contribution in [2.24, 2.45) is 5.73 Å². The van der Waals surface area contributed by atoms with Crippen LogP contribution in [-0.4, -0.2) is 34.9 Å². The van der Waals surface area contributed by atoms with Crippen LogP contribution in [0.1, 0.15) is 36.0 Å². The normalized spacial score (nSPS) is 21.9. The average Bonchev–Trinajstić information content (AvgIpc) is 2.46. The molecule has 114 valence electrons. The molecule has 1 aliphatic rings. The van der Waals surface area contributed by atoms with Crippen molar-refractivity contribution >= 4 is 23.2 Å². The molecule has 1 amide bonds. The van der Waals surface area contributed by atoms with Gasteiger partial charge in [-0.05, 0) is 31.7 Å². The van der Waals surface area contributed by atoms with Crippen molar-refractivity contribution in [2.75, 3.05) is 7.05 Å². The molecule has 2 N–H and O–H groups in total. The zero-order valence-electron chi connectivity index (χ0n) is 11.8. The lowest BCUT2D eigenvalue weighted by atomic mass is 9.90. The first kappa shape index (κ1) is 15.7. The topological polar surface area (TPSA) is 89.5 Å². The van der Waals surface area contributed by atoms with Gasteiger partial charge in [0.05, 0.1) is 9.95 Å². The number of carbonyl (C=O) groups is 1. The van der Waals surface area contributed by atoms with Gasteiger partial charge in [0.15, 0.2) is 0 Å². The van der Waals surface area contributed by atoms with Crippen LogP contribution in [0.15, 0.2) is 18.2 Å². The summed E-state index contributed by atoms with van der Waals surface area (Å²) in [4.78, 5) is 24.6. The summed E-state index contributed by atoms with van der Waals surface area (Å²) >= 11 is 6.00. The number of hydrogen-bond donors (Lipinski definition) is 1. The van der Waals surface area contributed by atoms with Gasteiger partial charge >= 0.3 is 0 Å². The van der Waals surface area contributed by atoms with Crippen molar-refractivity contribution in [3.05, 3.63) is 38.9 Å². The Morgan fingerprint density at radius 2 is 2.00 bits per heavy atom. The molecular weight excluding hydrogens is 294 g/mol. The maximum atomic E-state index is 12.6. The highest BCUT2D eigenvalue weighted by Crippen LogP contribution is 2.29. The van der Waals surface area contributed by atoms with E-state index in [-0.39, 0.29) is 28.4 Å². The van der Waals surface area contributed by atoms with E-state index in [1.54, 1.807) is 11.9 Å². The molecule has 1 aromatic carbocycles. The van der Waals surface area contributed by atoms with E-state index in [2.05, 4.69) is 0 Å². The summed E-state index contributed by atoms with van der Waals surface area (Å²) in [6.45, 7) is 0. The second-order valence-electron chi connectivity index (χ2n) is 5.38. The van der Waals surface area contributed by atoms with Crippen molar-refractivity contribution in [1.29, 1.82) is 0 Å². The van der Waals surface area contributed by atoms with Crippen LogP contribution in [-0.2, 0) is 0 Å². The molecule has 1 fully saturated rings. The van der Waals surface area contributed by atoms with E-state index in [4.69, 9.17) is 17.3 Å². The molecule has 1 aliphatic carbocycles. The van der Waals surface area contributed by atoms with Gasteiger partial charge in [-0.25, -0.2) is 0 Å². The number of nitrogens with zero attached hydrogens (tertiary/aromatic N) is 2. The van der Waals surface area contributed by atoms with Crippen molar-refractivity contribution in [3.63, 3.8) is 0 Å². The average molecular weight is 312 g/mol. The van der Waals surface area contributed by atoms with Crippen LogP contribution in [0.4, 0.5) is 5.69 Å². The molecule has 21 heavy (non-hydrogen) atoms. The highest BCUT2D eigenvalue weighted by molar-refractivity contribution is 6.34. The van der Waals surface area contributed by atoms with Crippen LogP contribution in [0.2, 0.25) is 5.02 Å². The molecule has 7 heteroatoms.